The van der Waals surface area contributed by atoms with Crippen LogP contribution in [0.1, 0.15) is 58.3 Å². The molecule has 1 amide bonds. The van der Waals surface area contributed by atoms with Crippen molar-refractivity contribution in [1.82, 2.24) is 4.98 Å². The molecule has 5 heteroatoms. The van der Waals surface area contributed by atoms with Gasteiger partial charge in [0.15, 0.2) is 0 Å². The van der Waals surface area contributed by atoms with E-state index >= 15 is 0 Å². The highest BCUT2D eigenvalue weighted by Crippen LogP contribution is 2.58. The monoisotopic (exact) mass is 404 g/mol. The van der Waals surface area contributed by atoms with Gasteiger partial charge in [0.05, 0.1) is 23.1 Å². The number of hydrogen-bond donors (Lipinski definition) is 1. The third-order valence-electron chi connectivity index (χ3n) is 7.34. The van der Waals surface area contributed by atoms with Crippen molar-refractivity contribution in [3.63, 3.8) is 0 Å². The normalized spacial score (nSPS) is 33.0. The Hall–Kier alpha value is -2.53. The van der Waals surface area contributed by atoms with Gasteiger partial charge in [0.1, 0.15) is 5.78 Å². The zero-order chi connectivity index (χ0) is 20.8. The molecule has 3 unspecified atom stereocenters. The van der Waals surface area contributed by atoms with Crippen LogP contribution >= 0.6 is 0 Å². The number of hydrogen-bond acceptors (Lipinski definition) is 4. The molecule has 3 atom stereocenters. The summed E-state index contributed by atoms with van der Waals surface area (Å²) in [5.41, 5.74) is 3.36. The lowest BCUT2D eigenvalue weighted by molar-refractivity contribution is -0.136. The number of ketones is 1. The Kier molecular flexibility index (Phi) is 4.73. The van der Waals surface area contributed by atoms with Gasteiger partial charge in [-0.05, 0) is 67.7 Å². The highest BCUT2D eigenvalue weighted by molar-refractivity contribution is 6.03. The summed E-state index contributed by atoms with van der Waals surface area (Å²) in [6, 6.07) is 3.66. The molecular formula is C25H28N2O3. The number of ether oxygens (including phenoxy) is 1. The van der Waals surface area contributed by atoms with Crippen LogP contribution in [-0.4, -0.2) is 27.9 Å². The molecule has 2 aliphatic carbocycles. The Morgan fingerprint density at radius 1 is 1.23 bits per heavy atom. The zero-order valence-corrected chi connectivity index (χ0v) is 17.4. The number of carbonyl (C=O) groups excluding carboxylic acids is 2. The summed E-state index contributed by atoms with van der Waals surface area (Å²) in [5, 5.41) is 2.96. The maximum Gasteiger partial charge on any atom is 0.251 e. The second-order valence-electron chi connectivity index (χ2n) is 9.13. The van der Waals surface area contributed by atoms with Crippen LogP contribution in [0, 0.1) is 5.92 Å². The predicted octanol–water partition coefficient (Wildman–Crippen LogP) is 4.67. The van der Waals surface area contributed by atoms with Gasteiger partial charge in [-0.15, -0.1) is 0 Å². The Morgan fingerprint density at radius 3 is 2.97 bits per heavy atom. The first-order valence-corrected chi connectivity index (χ1v) is 11.0. The van der Waals surface area contributed by atoms with E-state index in [-0.39, 0.29) is 23.0 Å². The van der Waals surface area contributed by atoms with Gasteiger partial charge >= 0.3 is 0 Å². The fraction of sp³-hybridized carbons (Fsp3) is 0.480. The number of nitrogens with one attached hydrogen (secondary N) is 1. The lowest BCUT2D eigenvalue weighted by Crippen LogP contribution is -2.48. The Bertz CT molecular complexity index is 977. The van der Waals surface area contributed by atoms with Gasteiger partial charge < -0.3 is 10.1 Å². The number of aromatic nitrogens is 1. The van der Waals surface area contributed by atoms with Crippen molar-refractivity contribution in [3.8, 4) is 0 Å². The molecule has 2 spiro atoms. The molecule has 1 aromatic rings. The number of Topliss-reactive ketones (excluding diaryl/α,β-unsaturated/α-hetero) is 1. The number of rotatable bonds is 2. The molecule has 30 heavy (non-hydrogen) atoms. The molecule has 2 bridgehead atoms. The highest BCUT2D eigenvalue weighted by atomic mass is 16.5. The second-order valence-corrected chi connectivity index (χ2v) is 9.13. The van der Waals surface area contributed by atoms with Crippen LogP contribution < -0.4 is 5.32 Å². The van der Waals surface area contributed by atoms with Gasteiger partial charge in [-0.25, -0.2) is 0 Å². The van der Waals surface area contributed by atoms with E-state index in [1.807, 2.05) is 12.1 Å². The zero-order valence-electron chi connectivity index (χ0n) is 17.4. The van der Waals surface area contributed by atoms with E-state index in [4.69, 9.17) is 4.74 Å². The summed E-state index contributed by atoms with van der Waals surface area (Å²) < 4.78 is 6.85. The van der Waals surface area contributed by atoms with E-state index in [1.165, 1.54) is 11.1 Å². The molecule has 4 aliphatic rings. The van der Waals surface area contributed by atoms with E-state index in [2.05, 4.69) is 35.5 Å². The first-order chi connectivity index (χ1) is 14.5. The quantitative estimate of drug-likeness (QED) is 0.777. The van der Waals surface area contributed by atoms with Gasteiger partial charge in [0, 0.05) is 24.6 Å². The molecule has 1 saturated carbocycles. The molecule has 2 fully saturated rings. The van der Waals surface area contributed by atoms with E-state index in [0.29, 0.717) is 30.7 Å². The van der Waals surface area contributed by atoms with Crippen molar-refractivity contribution in [2.24, 2.45) is 5.92 Å². The first kappa shape index (κ1) is 19.4. The summed E-state index contributed by atoms with van der Waals surface area (Å²) in [5.74, 6) is 0.497. The van der Waals surface area contributed by atoms with E-state index in [1.54, 1.807) is 12.4 Å². The number of allylic oxidation sites excluding steroid dienone is 2. The van der Waals surface area contributed by atoms with E-state index in [0.717, 1.165) is 37.7 Å². The van der Waals surface area contributed by atoms with Crippen molar-refractivity contribution in [2.45, 2.75) is 69.5 Å². The topological polar surface area (TPSA) is 68.3 Å². The summed E-state index contributed by atoms with van der Waals surface area (Å²) in [7, 11) is 0. The van der Waals surface area contributed by atoms with Gasteiger partial charge in [0.25, 0.3) is 5.91 Å². The summed E-state index contributed by atoms with van der Waals surface area (Å²) in [6.07, 6.45) is 16.2. The van der Waals surface area contributed by atoms with Gasteiger partial charge in [-0.1, -0.05) is 25.2 Å². The van der Waals surface area contributed by atoms with Crippen LogP contribution in [-0.2, 0) is 14.3 Å². The Balaban J connectivity index is 1.42. The largest absolute Gasteiger partial charge is 0.359 e. The fourth-order valence-electron chi connectivity index (χ4n) is 5.64. The van der Waals surface area contributed by atoms with Crippen LogP contribution in [0.3, 0.4) is 0 Å². The van der Waals surface area contributed by atoms with Crippen LogP contribution in [0.4, 0.5) is 5.69 Å². The number of nitrogens with zero attached hydrogens (tertiary/aromatic N) is 1. The molecule has 3 heterocycles. The molecular weight excluding hydrogens is 376 g/mol. The molecule has 1 saturated heterocycles. The lowest BCUT2D eigenvalue weighted by atomic mass is 9.75. The first-order valence-electron chi connectivity index (χ1n) is 11.0. The molecule has 0 radical (unpaired) electrons. The van der Waals surface area contributed by atoms with Crippen molar-refractivity contribution >= 4 is 17.4 Å². The number of carbonyl (C=O) groups is 2. The smallest absolute Gasteiger partial charge is 0.251 e. The highest BCUT2D eigenvalue weighted by Gasteiger charge is 2.58. The van der Waals surface area contributed by atoms with Crippen molar-refractivity contribution < 1.29 is 14.3 Å². The third-order valence-corrected chi connectivity index (χ3v) is 7.34. The van der Waals surface area contributed by atoms with Gasteiger partial charge in [-0.2, -0.15) is 0 Å². The van der Waals surface area contributed by atoms with Crippen LogP contribution in [0.2, 0.25) is 0 Å². The molecule has 5 rings (SSSR count). The van der Waals surface area contributed by atoms with Gasteiger partial charge in [0.2, 0.25) is 0 Å². The summed E-state index contributed by atoms with van der Waals surface area (Å²) in [4.78, 5) is 29.1. The van der Waals surface area contributed by atoms with Crippen molar-refractivity contribution in [1.29, 1.82) is 0 Å². The third kappa shape index (κ3) is 3.16. The van der Waals surface area contributed by atoms with Crippen LogP contribution in [0.25, 0.3) is 0 Å². The number of pyridine rings is 1. The maximum absolute atomic E-state index is 12.9. The van der Waals surface area contributed by atoms with Crippen molar-refractivity contribution in [2.75, 3.05) is 5.32 Å². The van der Waals surface area contributed by atoms with E-state index in [9.17, 15) is 9.59 Å². The van der Waals surface area contributed by atoms with Crippen LogP contribution in [0.15, 0.2) is 59.5 Å². The van der Waals surface area contributed by atoms with E-state index < -0.39 is 0 Å². The summed E-state index contributed by atoms with van der Waals surface area (Å²) in [6.45, 7) is 2.22. The lowest BCUT2D eigenvalue weighted by Gasteiger charge is -2.46. The molecule has 0 aromatic carbocycles. The molecule has 156 valence electrons. The minimum absolute atomic E-state index is 0.0580. The predicted molar refractivity (Wildman–Crippen MR) is 115 cm³/mol. The second kappa shape index (κ2) is 7.31. The average molecular weight is 405 g/mol. The molecule has 2 aliphatic heterocycles. The number of anilines is 1. The minimum atomic E-state index is -0.376. The Morgan fingerprint density at radius 2 is 2.13 bits per heavy atom. The fourth-order valence-corrected chi connectivity index (χ4v) is 5.64. The molecule has 5 nitrogen and oxygen atoms in total. The summed E-state index contributed by atoms with van der Waals surface area (Å²) >= 11 is 0. The SMILES string of the molecule is CC1CC=C(C(=O)Nc2cccnc2)CCC=C2C=C3CCC(=O)CC34CCC21O4. The standard InChI is InChI=1S/C25H28N2O3/c1-17-7-8-18(23(29)27-21-6-3-13-26-16-21)4-2-5-20-14-19-9-10-22(28)15-24(19)11-12-25(17,20)30-24/h3,5-6,8,13-14,16-17H,2,4,7,9-12,15H2,1H3,(H,27,29). The average Bonchev–Trinajstić information content (AvgIpc) is 3.08. The maximum atomic E-state index is 12.9. The minimum Gasteiger partial charge on any atom is -0.359 e. The molecule has 1 aromatic heterocycles. The molecule has 1 N–H and O–H groups in total. The number of amides is 1. The van der Waals surface area contributed by atoms with Crippen molar-refractivity contribution in [3.05, 3.63) is 59.5 Å². The Labute approximate surface area is 177 Å². The van der Waals surface area contributed by atoms with Crippen LogP contribution in [0.5, 0.6) is 0 Å². The van der Waals surface area contributed by atoms with Gasteiger partial charge in [-0.3, -0.25) is 14.6 Å².